The van der Waals surface area contributed by atoms with E-state index >= 15 is 0 Å². The van der Waals surface area contributed by atoms with Crippen LogP contribution < -0.4 is 17.0 Å². The Hall–Kier alpha value is -0.650. The first-order chi connectivity index (χ1) is 3.83. The van der Waals surface area contributed by atoms with E-state index in [0.717, 1.165) is 0 Å². The summed E-state index contributed by atoms with van der Waals surface area (Å²) in [4.78, 5) is 0. The van der Waals surface area contributed by atoms with Crippen LogP contribution in [0.25, 0.3) is 0 Å². The Balaban J connectivity index is 0. The van der Waals surface area contributed by atoms with E-state index < -0.39 is 0 Å². The fourth-order valence-corrected chi connectivity index (χ4v) is 0.411. The third kappa shape index (κ3) is 2.77. The van der Waals surface area contributed by atoms with Crippen LogP contribution in [0.4, 0.5) is 11.6 Å². The predicted octanol–water partition coefficient (Wildman–Crippen LogP) is 0.121. The maximum absolute atomic E-state index is 5.24. The minimum Gasteiger partial charge on any atom is -0.384 e. The third-order valence-corrected chi connectivity index (χ3v) is 0.746. The van der Waals surface area contributed by atoms with Crippen molar-refractivity contribution in [2.24, 2.45) is 5.84 Å². The van der Waals surface area contributed by atoms with Gasteiger partial charge in [-0.05, 0) is 0 Å². The molecule has 10 heavy (non-hydrogen) atoms. The Labute approximate surface area is 70.3 Å². The highest BCUT2D eigenvalue weighted by Gasteiger charge is 1.90. The van der Waals surface area contributed by atoms with Crippen molar-refractivity contribution in [3.63, 3.8) is 0 Å². The SMILES string of the molecule is Cl.Cl.NNc1cc(N)[nH]n1. The van der Waals surface area contributed by atoms with Gasteiger partial charge in [-0.3, -0.25) is 5.10 Å². The van der Waals surface area contributed by atoms with Gasteiger partial charge >= 0.3 is 0 Å². The summed E-state index contributed by atoms with van der Waals surface area (Å²) >= 11 is 0. The Kier molecular flexibility index (Phi) is 6.23. The maximum atomic E-state index is 5.24. The second kappa shape index (κ2) is 5.16. The third-order valence-electron chi connectivity index (χ3n) is 0.746. The lowest BCUT2D eigenvalue weighted by Crippen LogP contribution is -2.06. The fourth-order valence-electron chi connectivity index (χ4n) is 0.411. The number of rotatable bonds is 1. The van der Waals surface area contributed by atoms with Crippen molar-refractivity contribution < 1.29 is 0 Å². The monoisotopic (exact) mass is 185 g/mol. The summed E-state index contributed by atoms with van der Waals surface area (Å²) in [6.45, 7) is 0. The van der Waals surface area contributed by atoms with E-state index in [4.69, 9.17) is 11.6 Å². The standard InChI is InChI=1S/C3H7N5.2ClH/c4-2-1-3(6-5)8-7-2;;/h1H,5H2,(H4,4,6,7,8);2*1H. The molecule has 1 aromatic heterocycles. The summed E-state index contributed by atoms with van der Waals surface area (Å²) in [6, 6.07) is 1.60. The molecular weight excluding hydrogens is 177 g/mol. The molecule has 0 atom stereocenters. The number of hydrogen-bond acceptors (Lipinski definition) is 4. The maximum Gasteiger partial charge on any atom is 0.163 e. The molecule has 0 saturated heterocycles. The van der Waals surface area contributed by atoms with Crippen molar-refractivity contribution in [1.29, 1.82) is 0 Å². The smallest absolute Gasteiger partial charge is 0.163 e. The molecule has 6 N–H and O–H groups in total. The van der Waals surface area contributed by atoms with Crippen LogP contribution in [0, 0.1) is 0 Å². The predicted molar refractivity (Wildman–Crippen MR) is 45.3 cm³/mol. The molecule has 0 spiro atoms. The topological polar surface area (TPSA) is 92.7 Å². The summed E-state index contributed by atoms with van der Waals surface area (Å²) in [5.74, 6) is 6.02. The molecule has 0 radical (unpaired) electrons. The van der Waals surface area contributed by atoms with E-state index in [1.807, 2.05) is 0 Å². The van der Waals surface area contributed by atoms with Crippen molar-refractivity contribution in [3.05, 3.63) is 6.07 Å². The quantitative estimate of drug-likeness (QED) is 0.370. The molecule has 0 aromatic carbocycles. The number of aromatic nitrogens is 2. The first-order valence-electron chi connectivity index (χ1n) is 2.10. The lowest BCUT2D eigenvalue weighted by Gasteiger charge is -1.84. The van der Waals surface area contributed by atoms with Crippen LogP contribution in [0.1, 0.15) is 0 Å². The van der Waals surface area contributed by atoms with E-state index in [1.165, 1.54) is 0 Å². The Morgan fingerprint density at radius 1 is 1.50 bits per heavy atom. The molecule has 0 saturated carbocycles. The fraction of sp³-hybridized carbons (Fsp3) is 0. The van der Waals surface area contributed by atoms with E-state index in [0.29, 0.717) is 11.6 Å². The molecule has 0 aliphatic heterocycles. The summed E-state index contributed by atoms with van der Waals surface area (Å²) in [7, 11) is 0. The number of nitrogens with zero attached hydrogens (tertiary/aromatic N) is 1. The molecule has 5 nitrogen and oxygen atoms in total. The molecule has 0 unspecified atom stereocenters. The first kappa shape index (κ1) is 12.1. The van der Waals surface area contributed by atoms with Gasteiger partial charge in [-0.2, -0.15) is 5.10 Å². The van der Waals surface area contributed by atoms with Crippen LogP contribution in [-0.2, 0) is 0 Å². The minimum atomic E-state index is 0. The number of aromatic amines is 1. The van der Waals surface area contributed by atoms with Gasteiger partial charge in [0.25, 0.3) is 0 Å². The summed E-state index contributed by atoms with van der Waals surface area (Å²) in [6.07, 6.45) is 0. The van der Waals surface area contributed by atoms with Crippen molar-refractivity contribution in [1.82, 2.24) is 10.2 Å². The lowest BCUT2D eigenvalue weighted by atomic mass is 10.6. The highest BCUT2D eigenvalue weighted by molar-refractivity contribution is 5.85. The normalized spacial score (nSPS) is 7.30. The average molecular weight is 186 g/mol. The van der Waals surface area contributed by atoms with Gasteiger partial charge in [0.1, 0.15) is 5.82 Å². The molecule has 60 valence electrons. The Morgan fingerprint density at radius 3 is 2.30 bits per heavy atom. The second-order valence-electron chi connectivity index (χ2n) is 1.35. The molecule has 0 aliphatic carbocycles. The van der Waals surface area contributed by atoms with Crippen LogP contribution in [0.5, 0.6) is 0 Å². The van der Waals surface area contributed by atoms with Gasteiger partial charge in [-0.15, -0.1) is 24.8 Å². The number of nitrogens with two attached hydrogens (primary N) is 2. The number of nitrogen functional groups attached to an aromatic ring is 2. The van der Waals surface area contributed by atoms with E-state index in [-0.39, 0.29) is 24.8 Å². The zero-order valence-corrected chi connectivity index (χ0v) is 6.63. The zero-order chi connectivity index (χ0) is 5.98. The number of nitrogens with one attached hydrogen (secondary N) is 2. The number of hydrogen-bond donors (Lipinski definition) is 4. The van der Waals surface area contributed by atoms with Crippen LogP contribution in [0.3, 0.4) is 0 Å². The zero-order valence-electron chi connectivity index (χ0n) is 5.00. The van der Waals surface area contributed by atoms with Crippen molar-refractivity contribution >= 4 is 36.4 Å². The highest BCUT2D eigenvalue weighted by Crippen LogP contribution is 2.02. The van der Waals surface area contributed by atoms with Gasteiger partial charge in [0, 0.05) is 6.07 Å². The molecule has 0 bridgehead atoms. The summed E-state index contributed by atoms with van der Waals surface area (Å²) < 4.78 is 0. The number of halogens is 2. The molecule has 1 aromatic rings. The molecule has 7 heteroatoms. The van der Waals surface area contributed by atoms with Crippen molar-refractivity contribution in [2.75, 3.05) is 11.2 Å². The van der Waals surface area contributed by atoms with Crippen LogP contribution in [0.15, 0.2) is 6.07 Å². The summed E-state index contributed by atoms with van der Waals surface area (Å²) in [5.41, 5.74) is 7.57. The van der Waals surface area contributed by atoms with Gasteiger partial charge in [-0.1, -0.05) is 0 Å². The second-order valence-corrected chi connectivity index (χ2v) is 1.35. The molecule has 0 aliphatic rings. The van der Waals surface area contributed by atoms with Gasteiger partial charge in [-0.25, -0.2) is 5.84 Å². The van der Waals surface area contributed by atoms with E-state index in [2.05, 4.69) is 15.6 Å². The van der Waals surface area contributed by atoms with Gasteiger partial charge in [0.15, 0.2) is 5.82 Å². The van der Waals surface area contributed by atoms with E-state index in [9.17, 15) is 0 Å². The molecule has 0 amide bonds. The highest BCUT2D eigenvalue weighted by atomic mass is 35.5. The number of anilines is 2. The van der Waals surface area contributed by atoms with E-state index in [1.54, 1.807) is 6.07 Å². The molecule has 1 rings (SSSR count). The Bertz CT molecular complexity index is 175. The Morgan fingerprint density at radius 2 is 2.10 bits per heavy atom. The lowest BCUT2D eigenvalue weighted by molar-refractivity contribution is 1.08. The summed E-state index contributed by atoms with van der Waals surface area (Å²) in [5, 5.41) is 6.15. The first-order valence-corrected chi connectivity index (χ1v) is 2.10. The molecule has 1 heterocycles. The molecule has 0 fully saturated rings. The number of H-pyrrole nitrogens is 1. The van der Waals surface area contributed by atoms with Gasteiger partial charge < -0.3 is 11.2 Å². The van der Waals surface area contributed by atoms with Crippen molar-refractivity contribution in [3.8, 4) is 0 Å². The number of hydrazine groups is 1. The van der Waals surface area contributed by atoms with Gasteiger partial charge in [0.2, 0.25) is 0 Å². The average Bonchev–Trinajstić information content (AvgIpc) is 2.14. The largest absolute Gasteiger partial charge is 0.384 e. The van der Waals surface area contributed by atoms with Gasteiger partial charge in [0.05, 0.1) is 0 Å². The van der Waals surface area contributed by atoms with Crippen LogP contribution in [-0.4, -0.2) is 10.2 Å². The van der Waals surface area contributed by atoms with Crippen molar-refractivity contribution in [2.45, 2.75) is 0 Å². The van der Waals surface area contributed by atoms with Crippen LogP contribution in [0.2, 0.25) is 0 Å². The van der Waals surface area contributed by atoms with Crippen LogP contribution >= 0.6 is 24.8 Å². The molecular formula is C3H9Cl2N5. The minimum absolute atomic E-state index is 0.